The maximum Gasteiger partial charge on any atom is 0.357 e. The van der Waals surface area contributed by atoms with E-state index in [1.54, 1.807) is 10.1 Å². The molecule has 0 aliphatic rings. The summed E-state index contributed by atoms with van der Waals surface area (Å²) in [6.07, 6.45) is 0. The van der Waals surface area contributed by atoms with Gasteiger partial charge >= 0.3 is 5.97 Å². The molecule has 17 heavy (non-hydrogen) atoms. The van der Waals surface area contributed by atoms with Crippen LogP contribution in [0.25, 0.3) is 0 Å². The van der Waals surface area contributed by atoms with Gasteiger partial charge in [-0.1, -0.05) is 0 Å². The first-order valence-corrected chi connectivity index (χ1v) is 5.79. The van der Waals surface area contributed by atoms with Gasteiger partial charge in [0, 0.05) is 18.5 Å². The average molecular weight is 252 g/mol. The topological polar surface area (TPSA) is 69.0 Å². The summed E-state index contributed by atoms with van der Waals surface area (Å²) in [7, 11) is 3.17. The number of esters is 1. The van der Waals surface area contributed by atoms with E-state index in [1.807, 2.05) is 20.0 Å². The molecule has 6 nitrogen and oxygen atoms in total. The number of ether oxygens (including phenoxy) is 1. The van der Waals surface area contributed by atoms with Gasteiger partial charge in [-0.15, -0.1) is 11.3 Å². The number of hydrogen-bond donors (Lipinski definition) is 1. The lowest BCUT2D eigenvalue weighted by molar-refractivity contribution is 0.0595. The van der Waals surface area contributed by atoms with E-state index in [2.05, 4.69) is 20.1 Å². The van der Waals surface area contributed by atoms with E-state index in [1.165, 1.54) is 18.4 Å². The van der Waals surface area contributed by atoms with Gasteiger partial charge in [-0.2, -0.15) is 5.10 Å². The zero-order chi connectivity index (χ0) is 12.4. The van der Waals surface area contributed by atoms with Crippen LogP contribution in [0.3, 0.4) is 0 Å². The van der Waals surface area contributed by atoms with Crippen LogP contribution in [0.4, 0.5) is 10.9 Å². The van der Waals surface area contributed by atoms with E-state index in [9.17, 15) is 4.79 Å². The molecule has 2 aromatic heterocycles. The van der Waals surface area contributed by atoms with Gasteiger partial charge in [-0.3, -0.25) is 4.68 Å². The van der Waals surface area contributed by atoms with E-state index in [4.69, 9.17) is 0 Å². The van der Waals surface area contributed by atoms with Gasteiger partial charge in [0.15, 0.2) is 10.8 Å². The summed E-state index contributed by atoms with van der Waals surface area (Å²) >= 11 is 1.34. The molecule has 0 atom stereocenters. The monoisotopic (exact) mass is 252 g/mol. The van der Waals surface area contributed by atoms with Gasteiger partial charge in [-0.05, 0) is 6.92 Å². The molecule has 0 saturated heterocycles. The molecule has 0 radical (unpaired) electrons. The van der Waals surface area contributed by atoms with Crippen LogP contribution in [0, 0.1) is 6.92 Å². The number of carbonyl (C=O) groups is 1. The zero-order valence-corrected chi connectivity index (χ0v) is 10.5. The van der Waals surface area contributed by atoms with E-state index in [0.29, 0.717) is 10.8 Å². The zero-order valence-electron chi connectivity index (χ0n) is 9.72. The first-order chi connectivity index (χ1) is 8.10. The normalized spacial score (nSPS) is 10.3. The Hall–Kier alpha value is -1.89. The number of methoxy groups -OCH3 is 1. The first kappa shape index (κ1) is 11.6. The van der Waals surface area contributed by atoms with Crippen LogP contribution < -0.4 is 5.32 Å². The van der Waals surface area contributed by atoms with Crippen molar-refractivity contribution in [2.75, 3.05) is 12.4 Å². The van der Waals surface area contributed by atoms with Crippen molar-refractivity contribution >= 4 is 28.3 Å². The number of nitrogens with one attached hydrogen (secondary N) is 1. The van der Waals surface area contributed by atoms with E-state index >= 15 is 0 Å². The van der Waals surface area contributed by atoms with Crippen molar-refractivity contribution in [3.05, 3.63) is 22.8 Å². The van der Waals surface area contributed by atoms with Crippen molar-refractivity contribution in [3.63, 3.8) is 0 Å². The van der Waals surface area contributed by atoms with E-state index in [-0.39, 0.29) is 0 Å². The summed E-state index contributed by atoms with van der Waals surface area (Å²) in [6.45, 7) is 1.91. The molecule has 0 fully saturated rings. The largest absolute Gasteiger partial charge is 0.464 e. The molecule has 0 bridgehead atoms. The number of carbonyl (C=O) groups excluding carboxylic acids is 1. The van der Waals surface area contributed by atoms with Gasteiger partial charge in [0.2, 0.25) is 0 Å². The third-order valence-electron chi connectivity index (χ3n) is 2.14. The summed E-state index contributed by atoms with van der Waals surface area (Å²) in [5, 5.41) is 9.58. The number of anilines is 2. The third kappa shape index (κ3) is 2.44. The van der Waals surface area contributed by atoms with E-state index in [0.717, 1.165) is 11.5 Å². The molecule has 90 valence electrons. The molecule has 2 heterocycles. The lowest BCUT2D eigenvalue weighted by atomic mass is 10.5. The van der Waals surface area contributed by atoms with Crippen LogP contribution in [-0.4, -0.2) is 27.8 Å². The fourth-order valence-corrected chi connectivity index (χ4v) is 2.05. The van der Waals surface area contributed by atoms with Gasteiger partial charge in [0.1, 0.15) is 5.82 Å². The summed E-state index contributed by atoms with van der Waals surface area (Å²) < 4.78 is 6.30. The molecule has 0 aliphatic heterocycles. The highest BCUT2D eigenvalue weighted by atomic mass is 32.1. The van der Waals surface area contributed by atoms with Crippen molar-refractivity contribution < 1.29 is 9.53 Å². The molecule has 7 heteroatoms. The second kappa shape index (κ2) is 4.54. The van der Waals surface area contributed by atoms with Gasteiger partial charge in [0.25, 0.3) is 0 Å². The van der Waals surface area contributed by atoms with Gasteiger partial charge in [-0.25, -0.2) is 9.78 Å². The van der Waals surface area contributed by atoms with Crippen LogP contribution in [0.15, 0.2) is 11.4 Å². The minimum Gasteiger partial charge on any atom is -0.464 e. The second-order valence-electron chi connectivity index (χ2n) is 3.45. The number of rotatable bonds is 3. The van der Waals surface area contributed by atoms with Crippen molar-refractivity contribution in [1.82, 2.24) is 14.8 Å². The lowest BCUT2D eigenvalue weighted by Gasteiger charge is -2.01. The summed E-state index contributed by atoms with van der Waals surface area (Å²) in [5.74, 6) is 0.392. The molecule has 2 rings (SSSR count). The Kier molecular flexibility index (Phi) is 3.10. The lowest BCUT2D eigenvalue weighted by Crippen LogP contribution is -2.02. The molecular formula is C10H12N4O2S. The highest BCUT2D eigenvalue weighted by Gasteiger charge is 2.11. The Morgan fingerprint density at radius 3 is 2.94 bits per heavy atom. The average Bonchev–Trinajstić information content (AvgIpc) is 2.86. The molecule has 0 spiro atoms. The summed E-state index contributed by atoms with van der Waals surface area (Å²) in [5.41, 5.74) is 1.22. The number of aromatic nitrogens is 3. The SMILES string of the molecule is COC(=O)c1csc(Nc2cc(C)nn2C)n1. The third-order valence-corrected chi connectivity index (χ3v) is 2.89. The summed E-state index contributed by atoms with van der Waals surface area (Å²) in [4.78, 5) is 15.3. The molecule has 0 aliphatic carbocycles. The molecular weight excluding hydrogens is 240 g/mol. The van der Waals surface area contributed by atoms with Crippen LogP contribution in [0.1, 0.15) is 16.2 Å². The Labute approximate surface area is 102 Å². The quantitative estimate of drug-likeness (QED) is 0.842. The molecule has 1 N–H and O–H groups in total. The number of thiazole rings is 1. The molecule has 2 aromatic rings. The van der Waals surface area contributed by atoms with Crippen LogP contribution in [0.5, 0.6) is 0 Å². The first-order valence-electron chi connectivity index (χ1n) is 4.91. The Balaban J connectivity index is 2.17. The minimum atomic E-state index is -0.435. The molecule has 0 unspecified atom stereocenters. The van der Waals surface area contributed by atoms with Crippen LogP contribution in [-0.2, 0) is 11.8 Å². The standard InChI is InChI=1S/C10H12N4O2S/c1-6-4-8(14(2)13-6)12-10-11-7(5-17-10)9(15)16-3/h4-5H,1-3H3,(H,11,12). The highest BCUT2D eigenvalue weighted by molar-refractivity contribution is 7.14. The van der Waals surface area contributed by atoms with Crippen molar-refractivity contribution in [2.24, 2.45) is 7.05 Å². The fraction of sp³-hybridized carbons (Fsp3) is 0.300. The number of hydrogen-bond acceptors (Lipinski definition) is 6. The van der Waals surface area contributed by atoms with Gasteiger partial charge in [0.05, 0.1) is 12.8 Å². The number of aryl methyl sites for hydroxylation is 2. The van der Waals surface area contributed by atoms with Crippen LogP contribution >= 0.6 is 11.3 Å². The Bertz CT molecular complexity index is 546. The highest BCUT2D eigenvalue weighted by Crippen LogP contribution is 2.21. The maximum absolute atomic E-state index is 11.2. The minimum absolute atomic E-state index is 0.305. The molecule has 0 saturated carbocycles. The van der Waals surface area contributed by atoms with Gasteiger partial charge < -0.3 is 10.1 Å². The smallest absolute Gasteiger partial charge is 0.357 e. The van der Waals surface area contributed by atoms with Crippen LogP contribution in [0.2, 0.25) is 0 Å². The van der Waals surface area contributed by atoms with Crippen molar-refractivity contribution in [1.29, 1.82) is 0 Å². The maximum atomic E-state index is 11.2. The molecule has 0 amide bonds. The Morgan fingerprint density at radius 1 is 1.59 bits per heavy atom. The number of nitrogens with zero attached hydrogens (tertiary/aromatic N) is 3. The Morgan fingerprint density at radius 2 is 2.35 bits per heavy atom. The second-order valence-corrected chi connectivity index (χ2v) is 4.31. The van der Waals surface area contributed by atoms with Crippen molar-refractivity contribution in [3.8, 4) is 0 Å². The van der Waals surface area contributed by atoms with E-state index < -0.39 is 5.97 Å². The predicted molar refractivity (Wildman–Crippen MR) is 64.7 cm³/mol. The fourth-order valence-electron chi connectivity index (χ4n) is 1.37. The predicted octanol–water partition coefficient (Wildman–Crippen LogP) is 1.72. The molecule has 0 aromatic carbocycles. The van der Waals surface area contributed by atoms with Crippen molar-refractivity contribution in [2.45, 2.75) is 6.92 Å². The summed E-state index contributed by atoms with van der Waals surface area (Å²) in [6, 6.07) is 1.90.